The summed E-state index contributed by atoms with van der Waals surface area (Å²) in [4.78, 5) is 13.9. The van der Waals surface area contributed by atoms with E-state index in [-0.39, 0.29) is 5.91 Å². The number of nitrogens with one attached hydrogen (secondary N) is 1. The zero-order chi connectivity index (χ0) is 22.5. The van der Waals surface area contributed by atoms with Crippen LogP contribution >= 0.6 is 0 Å². The third kappa shape index (κ3) is 4.87. The van der Waals surface area contributed by atoms with Crippen LogP contribution in [0.2, 0.25) is 0 Å². The molecule has 0 bridgehead atoms. The fourth-order valence-corrected chi connectivity index (χ4v) is 3.31. The van der Waals surface area contributed by atoms with E-state index >= 15 is 0 Å². The SMILES string of the molecule is O=C(NN=Cc1ccc2c(c1)OCCO2)c1ccc(Cn2nnc(-c3ccccc3)n2)cc1. The van der Waals surface area contributed by atoms with Gasteiger partial charge in [-0.25, -0.2) is 5.43 Å². The maximum atomic E-state index is 12.4. The number of amides is 1. The van der Waals surface area contributed by atoms with E-state index < -0.39 is 0 Å². The van der Waals surface area contributed by atoms with Gasteiger partial charge in [0.2, 0.25) is 5.82 Å². The quantitative estimate of drug-likeness (QED) is 0.365. The van der Waals surface area contributed by atoms with Crippen LogP contribution in [0.5, 0.6) is 11.5 Å². The molecule has 9 heteroatoms. The number of benzene rings is 3. The minimum atomic E-state index is -0.305. The fourth-order valence-electron chi connectivity index (χ4n) is 3.31. The number of fused-ring (bicyclic) bond motifs is 1. The number of tetrazole rings is 1. The highest BCUT2D eigenvalue weighted by molar-refractivity contribution is 5.95. The molecule has 1 aromatic heterocycles. The average molecular weight is 440 g/mol. The lowest BCUT2D eigenvalue weighted by Gasteiger charge is -2.18. The Labute approximate surface area is 189 Å². The van der Waals surface area contributed by atoms with E-state index in [9.17, 15) is 4.79 Å². The number of hydrazone groups is 1. The van der Waals surface area contributed by atoms with Crippen LogP contribution in [0.1, 0.15) is 21.5 Å². The van der Waals surface area contributed by atoms with Gasteiger partial charge in [0.15, 0.2) is 11.5 Å². The Bertz CT molecular complexity index is 1290. The van der Waals surface area contributed by atoms with Gasteiger partial charge in [0.05, 0.1) is 12.8 Å². The van der Waals surface area contributed by atoms with Gasteiger partial charge in [-0.1, -0.05) is 42.5 Å². The molecule has 0 aliphatic carbocycles. The second-order valence-corrected chi connectivity index (χ2v) is 7.31. The van der Waals surface area contributed by atoms with Crippen molar-refractivity contribution in [1.29, 1.82) is 0 Å². The van der Waals surface area contributed by atoms with E-state index in [0.29, 0.717) is 42.6 Å². The topological polar surface area (TPSA) is 104 Å². The van der Waals surface area contributed by atoms with Crippen molar-refractivity contribution in [2.75, 3.05) is 13.2 Å². The molecule has 0 spiro atoms. The summed E-state index contributed by atoms with van der Waals surface area (Å²) in [5, 5.41) is 16.6. The summed E-state index contributed by atoms with van der Waals surface area (Å²) in [6.45, 7) is 1.50. The Morgan fingerprint density at radius 1 is 1.00 bits per heavy atom. The molecular weight excluding hydrogens is 420 g/mol. The fraction of sp³-hybridized carbons (Fsp3) is 0.125. The third-order valence-electron chi connectivity index (χ3n) is 4.97. The molecule has 1 N–H and O–H groups in total. The molecule has 164 valence electrons. The molecule has 5 rings (SSSR count). The minimum absolute atomic E-state index is 0.305. The Balaban J connectivity index is 1.18. The van der Waals surface area contributed by atoms with Gasteiger partial charge >= 0.3 is 0 Å². The van der Waals surface area contributed by atoms with E-state index in [1.807, 2.05) is 60.7 Å². The summed E-state index contributed by atoms with van der Waals surface area (Å²) in [5.74, 6) is 1.65. The molecule has 0 radical (unpaired) electrons. The maximum Gasteiger partial charge on any atom is 0.271 e. The lowest BCUT2D eigenvalue weighted by Crippen LogP contribution is -2.18. The molecule has 0 unspecified atom stereocenters. The molecule has 4 aromatic rings. The number of ether oxygens (including phenoxy) is 2. The highest BCUT2D eigenvalue weighted by Gasteiger charge is 2.11. The molecule has 1 aliphatic rings. The van der Waals surface area contributed by atoms with Gasteiger partial charge in [0.25, 0.3) is 5.91 Å². The van der Waals surface area contributed by atoms with Gasteiger partial charge in [-0.05, 0) is 46.7 Å². The van der Waals surface area contributed by atoms with Crippen molar-refractivity contribution in [3.05, 3.63) is 89.5 Å². The highest BCUT2D eigenvalue weighted by Crippen LogP contribution is 2.30. The van der Waals surface area contributed by atoms with E-state index in [1.54, 1.807) is 18.3 Å². The number of carbonyl (C=O) groups excluding carboxylic acids is 1. The third-order valence-corrected chi connectivity index (χ3v) is 4.97. The van der Waals surface area contributed by atoms with Crippen molar-refractivity contribution in [3.8, 4) is 22.9 Å². The largest absolute Gasteiger partial charge is 0.486 e. The summed E-state index contributed by atoms with van der Waals surface area (Å²) in [7, 11) is 0. The molecule has 0 saturated heterocycles. The van der Waals surface area contributed by atoms with Crippen LogP contribution in [-0.4, -0.2) is 45.5 Å². The lowest BCUT2D eigenvalue weighted by molar-refractivity contribution is 0.0955. The van der Waals surface area contributed by atoms with Crippen molar-refractivity contribution in [2.45, 2.75) is 6.54 Å². The van der Waals surface area contributed by atoms with Gasteiger partial charge in [0.1, 0.15) is 13.2 Å². The molecular formula is C24H20N6O3. The Hall–Kier alpha value is -4.53. The smallest absolute Gasteiger partial charge is 0.271 e. The van der Waals surface area contributed by atoms with Crippen LogP contribution in [0.3, 0.4) is 0 Å². The van der Waals surface area contributed by atoms with Gasteiger partial charge in [-0.15, -0.1) is 10.2 Å². The molecule has 0 atom stereocenters. The van der Waals surface area contributed by atoms with Gasteiger partial charge in [0, 0.05) is 11.1 Å². The molecule has 0 fully saturated rings. The van der Waals surface area contributed by atoms with Crippen LogP contribution in [-0.2, 0) is 6.54 Å². The molecule has 33 heavy (non-hydrogen) atoms. The summed E-state index contributed by atoms with van der Waals surface area (Å²) in [6.07, 6.45) is 1.56. The van der Waals surface area contributed by atoms with E-state index in [0.717, 1.165) is 16.7 Å². The first-order chi connectivity index (χ1) is 16.2. The number of rotatable bonds is 6. The molecule has 0 saturated carbocycles. The average Bonchev–Trinajstić information content (AvgIpc) is 3.33. The monoisotopic (exact) mass is 440 g/mol. The number of carbonyl (C=O) groups is 1. The first kappa shape index (κ1) is 20.4. The number of hydrogen-bond donors (Lipinski definition) is 1. The predicted molar refractivity (Wildman–Crippen MR) is 121 cm³/mol. The Kier molecular flexibility index (Phi) is 5.75. The number of nitrogens with zero attached hydrogens (tertiary/aromatic N) is 5. The second-order valence-electron chi connectivity index (χ2n) is 7.31. The number of hydrogen-bond acceptors (Lipinski definition) is 7. The van der Waals surface area contributed by atoms with Crippen molar-refractivity contribution in [2.24, 2.45) is 5.10 Å². The summed E-state index contributed by atoms with van der Waals surface area (Å²) < 4.78 is 11.0. The number of aromatic nitrogens is 4. The second kappa shape index (κ2) is 9.31. The normalized spacial score (nSPS) is 12.6. The Morgan fingerprint density at radius 3 is 2.61 bits per heavy atom. The van der Waals surface area contributed by atoms with E-state index in [2.05, 4.69) is 25.9 Å². The van der Waals surface area contributed by atoms with Crippen LogP contribution in [0, 0.1) is 0 Å². The summed E-state index contributed by atoms with van der Waals surface area (Å²) >= 11 is 0. The molecule has 1 amide bonds. The van der Waals surface area contributed by atoms with Crippen molar-refractivity contribution < 1.29 is 14.3 Å². The first-order valence-corrected chi connectivity index (χ1v) is 10.4. The molecule has 9 nitrogen and oxygen atoms in total. The highest BCUT2D eigenvalue weighted by atomic mass is 16.6. The first-order valence-electron chi connectivity index (χ1n) is 10.4. The van der Waals surface area contributed by atoms with Crippen LogP contribution in [0.25, 0.3) is 11.4 Å². The maximum absolute atomic E-state index is 12.4. The van der Waals surface area contributed by atoms with Gasteiger partial charge < -0.3 is 9.47 Å². The van der Waals surface area contributed by atoms with E-state index in [1.165, 1.54) is 4.80 Å². The zero-order valence-corrected chi connectivity index (χ0v) is 17.6. The van der Waals surface area contributed by atoms with Crippen LogP contribution < -0.4 is 14.9 Å². The van der Waals surface area contributed by atoms with Crippen LogP contribution in [0.4, 0.5) is 0 Å². The summed E-state index contributed by atoms with van der Waals surface area (Å²) in [5.41, 5.74) is 5.69. The van der Waals surface area contributed by atoms with Gasteiger partial charge in [-0.2, -0.15) is 9.90 Å². The van der Waals surface area contributed by atoms with Crippen molar-refractivity contribution in [1.82, 2.24) is 25.6 Å². The molecule has 2 heterocycles. The zero-order valence-electron chi connectivity index (χ0n) is 17.6. The summed E-state index contributed by atoms with van der Waals surface area (Å²) in [6, 6.07) is 22.3. The minimum Gasteiger partial charge on any atom is -0.486 e. The van der Waals surface area contributed by atoms with Crippen LogP contribution in [0.15, 0.2) is 77.9 Å². The lowest BCUT2D eigenvalue weighted by atomic mass is 10.1. The Morgan fingerprint density at radius 2 is 1.79 bits per heavy atom. The predicted octanol–water partition coefficient (Wildman–Crippen LogP) is 2.92. The molecule has 1 aliphatic heterocycles. The van der Waals surface area contributed by atoms with Crippen molar-refractivity contribution >= 4 is 12.1 Å². The standard InChI is InChI=1S/C24H20N6O3/c31-24(27-25-15-18-8-11-21-22(14-18)33-13-12-32-21)20-9-6-17(7-10-20)16-30-28-23(26-29-30)19-4-2-1-3-5-19/h1-11,14-15H,12-13,16H2,(H,27,31). The van der Waals surface area contributed by atoms with E-state index in [4.69, 9.17) is 9.47 Å². The molecule has 3 aromatic carbocycles. The van der Waals surface area contributed by atoms with Gasteiger partial charge in [-0.3, -0.25) is 4.79 Å². The van der Waals surface area contributed by atoms with Crippen molar-refractivity contribution in [3.63, 3.8) is 0 Å².